The van der Waals surface area contributed by atoms with Crippen LogP contribution in [-0.2, 0) is 0 Å². The topological polar surface area (TPSA) is 57.4 Å². The van der Waals surface area contributed by atoms with Crippen LogP contribution in [0.3, 0.4) is 0 Å². The van der Waals surface area contributed by atoms with Gasteiger partial charge in [-0.3, -0.25) is 0 Å². The summed E-state index contributed by atoms with van der Waals surface area (Å²) in [6, 6.07) is 15.4. The van der Waals surface area contributed by atoms with Crippen LogP contribution in [0.4, 0.5) is 0 Å². The van der Waals surface area contributed by atoms with Gasteiger partial charge in [-0.2, -0.15) is 0 Å². The molecule has 0 saturated carbocycles. The number of nitrogens with zero attached hydrogens (tertiary/aromatic N) is 2. The van der Waals surface area contributed by atoms with E-state index in [-0.39, 0.29) is 6.79 Å². The van der Waals surface area contributed by atoms with Crippen LogP contribution >= 0.6 is 0 Å². The molecule has 4 aromatic rings. The molecule has 106 valence electrons. The van der Waals surface area contributed by atoms with Gasteiger partial charge in [0.25, 0.3) is 0 Å². The predicted octanol–water partition coefficient (Wildman–Crippen LogP) is 3.77. The molecular weight excluding hydrogens is 280 g/mol. The maximum absolute atomic E-state index is 5.85. The van der Waals surface area contributed by atoms with Gasteiger partial charge >= 0.3 is 0 Å². The Hall–Kier alpha value is -3.08. The minimum absolute atomic E-state index is 0.257. The van der Waals surface area contributed by atoms with Gasteiger partial charge in [-0.15, -0.1) is 0 Å². The molecule has 5 heteroatoms. The van der Waals surface area contributed by atoms with Gasteiger partial charge in [0.2, 0.25) is 12.5 Å². The van der Waals surface area contributed by atoms with Crippen LogP contribution in [0.1, 0.15) is 0 Å². The summed E-state index contributed by atoms with van der Waals surface area (Å²) in [6.45, 7) is 0.257. The third-order valence-electron chi connectivity index (χ3n) is 3.70. The molecule has 0 aliphatic carbocycles. The normalized spacial score (nSPS) is 13.1. The highest BCUT2D eigenvalue weighted by Crippen LogP contribution is 2.37. The van der Waals surface area contributed by atoms with Crippen molar-refractivity contribution in [1.29, 1.82) is 0 Å². The fourth-order valence-electron chi connectivity index (χ4n) is 2.62. The lowest BCUT2D eigenvalue weighted by Crippen LogP contribution is -1.92. The third-order valence-corrected chi connectivity index (χ3v) is 3.70. The molecule has 0 bridgehead atoms. The summed E-state index contributed by atoms with van der Waals surface area (Å²) in [5.74, 6) is 2.19. The lowest BCUT2D eigenvalue weighted by Gasteiger charge is -1.98. The molecule has 0 spiro atoms. The Balaban J connectivity index is 1.69. The van der Waals surface area contributed by atoms with Gasteiger partial charge in [0.1, 0.15) is 11.3 Å². The van der Waals surface area contributed by atoms with Crippen LogP contribution in [0.15, 0.2) is 52.9 Å². The van der Waals surface area contributed by atoms with E-state index in [0.29, 0.717) is 11.5 Å². The molecule has 5 rings (SSSR count). The molecule has 0 fully saturated rings. The Labute approximate surface area is 125 Å². The molecule has 1 aliphatic heterocycles. The Morgan fingerprint density at radius 1 is 0.773 bits per heavy atom. The molecule has 2 aromatic heterocycles. The number of furan rings is 1. The third kappa shape index (κ3) is 1.65. The SMILES string of the molecule is c1ccc2nc3oc(-c4ccc5c(c4)OCO5)cc3nc2c1. The van der Waals surface area contributed by atoms with E-state index < -0.39 is 0 Å². The lowest BCUT2D eigenvalue weighted by atomic mass is 10.1. The average Bonchev–Trinajstić information content (AvgIpc) is 3.17. The van der Waals surface area contributed by atoms with Crippen molar-refractivity contribution < 1.29 is 13.9 Å². The van der Waals surface area contributed by atoms with Crippen molar-refractivity contribution in [2.45, 2.75) is 0 Å². The van der Waals surface area contributed by atoms with Gasteiger partial charge in [-0.05, 0) is 30.3 Å². The van der Waals surface area contributed by atoms with Gasteiger partial charge in [-0.25, -0.2) is 9.97 Å². The highest BCUT2D eigenvalue weighted by atomic mass is 16.7. The maximum Gasteiger partial charge on any atom is 0.246 e. The summed E-state index contributed by atoms with van der Waals surface area (Å²) >= 11 is 0. The fourth-order valence-corrected chi connectivity index (χ4v) is 2.62. The Morgan fingerprint density at radius 2 is 1.59 bits per heavy atom. The van der Waals surface area contributed by atoms with Crippen molar-refractivity contribution in [1.82, 2.24) is 9.97 Å². The van der Waals surface area contributed by atoms with Crippen LogP contribution in [0, 0.1) is 0 Å². The van der Waals surface area contributed by atoms with Crippen molar-refractivity contribution in [2.75, 3.05) is 6.79 Å². The van der Waals surface area contributed by atoms with Crippen LogP contribution < -0.4 is 9.47 Å². The second kappa shape index (κ2) is 4.21. The molecule has 0 saturated heterocycles. The number of para-hydroxylation sites is 2. The highest BCUT2D eigenvalue weighted by molar-refractivity contribution is 5.86. The minimum Gasteiger partial charge on any atom is -0.454 e. The number of hydrogen-bond donors (Lipinski definition) is 0. The van der Waals surface area contributed by atoms with Gasteiger partial charge in [0.05, 0.1) is 11.0 Å². The van der Waals surface area contributed by atoms with Crippen LogP contribution in [-0.4, -0.2) is 16.8 Å². The van der Waals surface area contributed by atoms with Gasteiger partial charge in [0.15, 0.2) is 11.5 Å². The molecule has 0 radical (unpaired) electrons. The summed E-state index contributed by atoms with van der Waals surface area (Å²) in [5, 5.41) is 0. The van der Waals surface area contributed by atoms with Crippen LogP contribution in [0.25, 0.3) is 33.6 Å². The zero-order chi connectivity index (χ0) is 14.5. The number of ether oxygens (including phenoxy) is 2. The van der Waals surface area contributed by atoms with E-state index in [1.165, 1.54) is 0 Å². The van der Waals surface area contributed by atoms with E-state index in [9.17, 15) is 0 Å². The summed E-state index contributed by atoms with van der Waals surface area (Å²) < 4.78 is 16.6. The van der Waals surface area contributed by atoms with Crippen LogP contribution in [0.5, 0.6) is 11.5 Å². The zero-order valence-corrected chi connectivity index (χ0v) is 11.4. The fraction of sp³-hybridized carbons (Fsp3) is 0.0588. The smallest absolute Gasteiger partial charge is 0.246 e. The summed E-state index contributed by atoms with van der Waals surface area (Å²) in [5.41, 5.74) is 3.86. The largest absolute Gasteiger partial charge is 0.454 e. The lowest BCUT2D eigenvalue weighted by molar-refractivity contribution is 0.174. The number of hydrogen-bond acceptors (Lipinski definition) is 5. The van der Waals surface area contributed by atoms with Crippen LogP contribution in [0.2, 0.25) is 0 Å². The van der Waals surface area contributed by atoms with Gasteiger partial charge in [0, 0.05) is 11.6 Å². The first kappa shape index (κ1) is 11.6. The predicted molar refractivity (Wildman–Crippen MR) is 80.9 cm³/mol. The summed E-state index contributed by atoms with van der Waals surface area (Å²) in [4.78, 5) is 9.10. The average molecular weight is 290 g/mol. The Kier molecular flexibility index (Phi) is 2.21. The zero-order valence-electron chi connectivity index (χ0n) is 11.4. The molecule has 3 heterocycles. The number of aromatic nitrogens is 2. The first-order chi connectivity index (χ1) is 10.9. The maximum atomic E-state index is 5.85. The number of rotatable bonds is 1. The molecule has 2 aromatic carbocycles. The molecule has 5 nitrogen and oxygen atoms in total. The number of fused-ring (bicyclic) bond motifs is 3. The second-order valence-corrected chi connectivity index (χ2v) is 5.08. The molecule has 0 N–H and O–H groups in total. The van der Waals surface area contributed by atoms with E-state index in [2.05, 4.69) is 9.97 Å². The molecule has 1 aliphatic rings. The monoisotopic (exact) mass is 290 g/mol. The molecule has 0 atom stereocenters. The quantitative estimate of drug-likeness (QED) is 0.534. The molecular formula is C17H10N2O3. The Morgan fingerprint density at radius 3 is 2.50 bits per heavy atom. The molecule has 22 heavy (non-hydrogen) atoms. The molecule has 0 amide bonds. The van der Waals surface area contributed by atoms with Crippen molar-refractivity contribution in [3.05, 3.63) is 48.5 Å². The first-order valence-corrected chi connectivity index (χ1v) is 6.93. The van der Waals surface area contributed by atoms with E-state index in [4.69, 9.17) is 13.9 Å². The van der Waals surface area contributed by atoms with Crippen molar-refractivity contribution in [3.63, 3.8) is 0 Å². The van der Waals surface area contributed by atoms with Crippen molar-refractivity contribution in [2.24, 2.45) is 0 Å². The summed E-state index contributed by atoms with van der Waals surface area (Å²) in [7, 11) is 0. The minimum atomic E-state index is 0.257. The van der Waals surface area contributed by atoms with Gasteiger partial charge < -0.3 is 13.9 Å². The summed E-state index contributed by atoms with van der Waals surface area (Å²) in [6.07, 6.45) is 0. The Bertz CT molecular complexity index is 970. The first-order valence-electron chi connectivity index (χ1n) is 6.93. The van der Waals surface area contributed by atoms with E-state index in [1.807, 2.05) is 48.5 Å². The van der Waals surface area contributed by atoms with Crippen molar-refractivity contribution >= 4 is 22.3 Å². The van der Waals surface area contributed by atoms with E-state index >= 15 is 0 Å². The standard InChI is InChI=1S/C17H10N2O3/c1-2-4-12-11(3-1)18-13-8-15(22-17(13)19-12)10-5-6-14-16(7-10)21-9-20-14/h1-8H,9H2. The van der Waals surface area contributed by atoms with E-state index in [0.717, 1.165) is 33.6 Å². The van der Waals surface area contributed by atoms with Crippen molar-refractivity contribution in [3.8, 4) is 22.8 Å². The second-order valence-electron chi connectivity index (χ2n) is 5.08. The van der Waals surface area contributed by atoms with E-state index in [1.54, 1.807) is 0 Å². The molecule has 0 unspecified atom stereocenters. The highest BCUT2D eigenvalue weighted by Gasteiger charge is 2.16. The number of benzene rings is 2. The van der Waals surface area contributed by atoms with Gasteiger partial charge in [-0.1, -0.05) is 12.1 Å².